The van der Waals surface area contributed by atoms with Crippen LogP contribution in [0.5, 0.6) is 0 Å². The zero-order chi connectivity index (χ0) is 13.0. The highest BCUT2D eigenvalue weighted by Gasteiger charge is 2.00. The van der Waals surface area contributed by atoms with Crippen LogP contribution in [0.2, 0.25) is 0 Å². The minimum absolute atomic E-state index is 0.215. The molecule has 0 aliphatic heterocycles. The summed E-state index contributed by atoms with van der Waals surface area (Å²) in [6.07, 6.45) is 2.66. The zero-order valence-corrected chi connectivity index (χ0v) is 10.2. The van der Waals surface area contributed by atoms with Crippen molar-refractivity contribution in [2.75, 3.05) is 19.8 Å². The molecule has 0 saturated heterocycles. The third-order valence-electron chi connectivity index (χ3n) is 1.41. The lowest BCUT2D eigenvalue weighted by atomic mass is 10.3. The molecule has 0 saturated carbocycles. The van der Waals surface area contributed by atoms with Crippen LogP contribution in [0.15, 0.2) is 0 Å². The highest BCUT2D eigenvalue weighted by Crippen LogP contribution is 2.25. The van der Waals surface area contributed by atoms with E-state index >= 15 is 0 Å². The van der Waals surface area contributed by atoms with Crippen LogP contribution in [-0.2, 0) is 9.30 Å². The first-order valence-electron chi connectivity index (χ1n) is 4.96. The van der Waals surface area contributed by atoms with E-state index in [-0.39, 0.29) is 13.2 Å². The molecular formula is C8H21O7P. The number of ether oxygens (including phenoxy) is 1. The molecule has 8 heteroatoms. The molecule has 0 rings (SSSR count). The number of hydrogen-bond acceptors (Lipinski definition) is 4. The minimum atomic E-state index is -4.64. The van der Waals surface area contributed by atoms with Crippen LogP contribution in [-0.4, -0.2) is 50.8 Å². The van der Waals surface area contributed by atoms with E-state index in [2.05, 4.69) is 6.92 Å². The molecule has 0 amide bonds. The Morgan fingerprint density at radius 1 is 1.25 bits per heavy atom. The Morgan fingerprint density at radius 3 is 2.12 bits per heavy atom. The summed E-state index contributed by atoms with van der Waals surface area (Å²) in [6, 6.07) is 0. The van der Waals surface area contributed by atoms with Crippen molar-refractivity contribution in [3.63, 3.8) is 0 Å². The van der Waals surface area contributed by atoms with E-state index < -0.39 is 13.9 Å². The highest BCUT2D eigenvalue weighted by molar-refractivity contribution is 7.45. The van der Waals surface area contributed by atoms with Crippen molar-refractivity contribution >= 4 is 7.82 Å². The fraction of sp³-hybridized carbons (Fsp3) is 1.00. The predicted octanol–water partition coefficient (Wildman–Crippen LogP) is -0.382. The maximum absolute atomic E-state index is 8.88. The van der Waals surface area contributed by atoms with Gasteiger partial charge in [0.1, 0.15) is 6.10 Å². The Balaban J connectivity index is 0. The second-order valence-corrected chi connectivity index (χ2v) is 4.16. The molecular weight excluding hydrogens is 239 g/mol. The first kappa shape index (κ1) is 18.4. The van der Waals surface area contributed by atoms with Crippen LogP contribution >= 0.6 is 7.82 Å². The molecule has 0 bridgehead atoms. The highest BCUT2D eigenvalue weighted by atomic mass is 31.2. The summed E-state index contributed by atoms with van der Waals surface area (Å²) >= 11 is 0. The van der Waals surface area contributed by atoms with E-state index in [0.29, 0.717) is 6.61 Å². The van der Waals surface area contributed by atoms with Gasteiger partial charge in [0.2, 0.25) is 0 Å². The predicted molar refractivity (Wildman–Crippen MR) is 57.7 cm³/mol. The Morgan fingerprint density at radius 2 is 1.75 bits per heavy atom. The molecule has 1 unspecified atom stereocenters. The minimum Gasteiger partial charge on any atom is -0.394 e. The molecule has 0 aromatic carbocycles. The van der Waals surface area contributed by atoms with E-state index in [0.717, 1.165) is 12.8 Å². The molecule has 0 fully saturated rings. The summed E-state index contributed by atoms with van der Waals surface area (Å²) in [5, 5.41) is 17.2. The lowest BCUT2D eigenvalue weighted by molar-refractivity contribution is 0.00533. The molecule has 100 valence electrons. The van der Waals surface area contributed by atoms with Gasteiger partial charge in [-0.25, -0.2) is 4.57 Å². The van der Waals surface area contributed by atoms with E-state index in [1.807, 2.05) is 0 Å². The molecule has 16 heavy (non-hydrogen) atoms. The van der Waals surface area contributed by atoms with E-state index in [9.17, 15) is 0 Å². The monoisotopic (exact) mass is 260 g/mol. The zero-order valence-electron chi connectivity index (χ0n) is 9.32. The number of unbranched alkanes of at least 4 members (excludes halogenated alkanes) is 2. The second-order valence-electron chi connectivity index (χ2n) is 3.13. The van der Waals surface area contributed by atoms with Crippen LogP contribution in [0, 0.1) is 0 Å². The van der Waals surface area contributed by atoms with Gasteiger partial charge in [-0.3, -0.25) is 0 Å². The smallest absolute Gasteiger partial charge is 0.394 e. The molecule has 0 radical (unpaired) electrons. The Labute approximate surface area is 94.9 Å². The van der Waals surface area contributed by atoms with E-state index in [4.69, 9.17) is 34.2 Å². The van der Waals surface area contributed by atoms with Gasteiger partial charge >= 0.3 is 7.82 Å². The van der Waals surface area contributed by atoms with Crippen molar-refractivity contribution in [2.24, 2.45) is 0 Å². The number of rotatable bonds is 7. The third-order valence-corrected chi connectivity index (χ3v) is 1.41. The standard InChI is InChI=1S/C8H18O3.H3O4P/c1-2-3-4-5-11-7-8(10)6-9;1-5(2,3)4/h8-10H,2-7H2,1H3;(H3,1,2,3,4). The lowest BCUT2D eigenvalue weighted by Crippen LogP contribution is -2.19. The van der Waals surface area contributed by atoms with Crippen molar-refractivity contribution in [1.29, 1.82) is 0 Å². The quantitative estimate of drug-likeness (QED) is 0.312. The number of aliphatic hydroxyl groups is 2. The number of aliphatic hydroxyl groups excluding tert-OH is 2. The van der Waals surface area contributed by atoms with Crippen LogP contribution in [0.3, 0.4) is 0 Å². The normalized spacial score (nSPS) is 12.9. The van der Waals surface area contributed by atoms with Gasteiger partial charge in [0.25, 0.3) is 0 Å². The van der Waals surface area contributed by atoms with Crippen LogP contribution in [0.4, 0.5) is 0 Å². The maximum Gasteiger partial charge on any atom is 0.466 e. The molecule has 5 N–H and O–H groups in total. The van der Waals surface area contributed by atoms with Crippen molar-refractivity contribution < 1.29 is 34.2 Å². The van der Waals surface area contributed by atoms with Crippen molar-refractivity contribution in [3.8, 4) is 0 Å². The largest absolute Gasteiger partial charge is 0.466 e. The molecule has 7 nitrogen and oxygen atoms in total. The summed E-state index contributed by atoms with van der Waals surface area (Å²) in [6.45, 7) is 2.85. The summed E-state index contributed by atoms with van der Waals surface area (Å²) < 4.78 is 14.0. The average molecular weight is 260 g/mol. The average Bonchev–Trinajstić information content (AvgIpc) is 2.14. The van der Waals surface area contributed by atoms with Crippen molar-refractivity contribution in [1.82, 2.24) is 0 Å². The lowest BCUT2D eigenvalue weighted by Gasteiger charge is -2.07. The molecule has 0 aliphatic rings. The fourth-order valence-electron chi connectivity index (χ4n) is 0.726. The van der Waals surface area contributed by atoms with E-state index in [1.54, 1.807) is 0 Å². The molecule has 0 aromatic heterocycles. The van der Waals surface area contributed by atoms with Gasteiger partial charge in [0, 0.05) is 6.61 Å². The maximum atomic E-state index is 8.88. The second kappa shape index (κ2) is 11.5. The molecule has 1 atom stereocenters. The Hall–Kier alpha value is -0.0100. The molecule has 0 aliphatic carbocycles. The van der Waals surface area contributed by atoms with Gasteiger partial charge in [-0.05, 0) is 6.42 Å². The van der Waals surface area contributed by atoms with Gasteiger partial charge in [0.05, 0.1) is 13.2 Å². The van der Waals surface area contributed by atoms with Gasteiger partial charge in [-0.2, -0.15) is 0 Å². The van der Waals surface area contributed by atoms with Gasteiger partial charge in [-0.15, -0.1) is 0 Å². The topological polar surface area (TPSA) is 127 Å². The van der Waals surface area contributed by atoms with Crippen LogP contribution in [0.1, 0.15) is 26.2 Å². The summed E-state index contributed by atoms with van der Waals surface area (Å²) in [4.78, 5) is 21.6. The van der Waals surface area contributed by atoms with Crippen LogP contribution < -0.4 is 0 Å². The van der Waals surface area contributed by atoms with Crippen molar-refractivity contribution in [3.05, 3.63) is 0 Å². The summed E-state index contributed by atoms with van der Waals surface area (Å²) in [5.41, 5.74) is 0. The van der Waals surface area contributed by atoms with Crippen LogP contribution in [0.25, 0.3) is 0 Å². The van der Waals surface area contributed by atoms with Gasteiger partial charge in [0.15, 0.2) is 0 Å². The van der Waals surface area contributed by atoms with Gasteiger partial charge < -0.3 is 29.6 Å². The first-order chi connectivity index (χ1) is 7.31. The van der Waals surface area contributed by atoms with Gasteiger partial charge in [-0.1, -0.05) is 19.8 Å². The van der Waals surface area contributed by atoms with Crippen molar-refractivity contribution in [2.45, 2.75) is 32.3 Å². The molecule has 0 aromatic rings. The number of hydrogen-bond donors (Lipinski definition) is 5. The number of phosphoric acid groups is 1. The fourth-order valence-corrected chi connectivity index (χ4v) is 0.726. The molecule has 0 spiro atoms. The Bertz CT molecular complexity index is 173. The summed E-state index contributed by atoms with van der Waals surface area (Å²) in [7, 11) is -4.64. The molecule has 0 heterocycles. The Kier molecular flexibility index (Phi) is 13.2. The first-order valence-corrected chi connectivity index (χ1v) is 6.52. The summed E-state index contributed by atoms with van der Waals surface area (Å²) in [5.74, 6) is 0. The van der Waals surface area contributed by atoms with E-state index in [1.165, 1.54) is 6.42 Å². The SMILES string of the molecule is CCCCCOCC(O)CO.O=P(O)(O)O. The third kappa shape index (κ3) is 29.2.